The van der Waals surface area contributed by atoms with Crippen molar-refractivity contribution in [3.8, 4) is 0 Å². The second-order valence-electron chi connectivity index (χ2n) is 7.10. The number of hydrogen-bond donors (Lipinski definition) is 0. The molecule has 0 aromatic heterocycles. The minimum Gasteiger partial charge on any atom is -0.465 e. The molecule has 1 aliphatic heterocycles. The van der Waals surface area contributed by atoms with Crippen molar-refractivity contribution in [2.75, 3.05) is 26.2 Å². The number of nitrogens with zero attached hydrogens (tertiary/aromatic N) is 1. The van der Waals surface area contributed by atoms with Crippen LogP contribution in [0, 0.1) is 17.8 Å². The first-order valence-electron chi connectivity index (χ1n) is 8.54. The first-order chi connectivity index (χ1) is 9.65. The Morgan fingerprint density at radius 2 is 1.75 bits per heavy atom. The molecule has 2 rings (SSSR count). The highest BCUT2D eigenvalue weighted by Gasteiger charge is 2.27. The third kappa shape index (κ3) is 5.08. The highest BCUT2D eigenvalue weighted by atomic mass is 16.5. The van der Waals surface area contributed by atoms with Crippen LogP contribution in [0.15, 0.2) is 0 Å². The second kappa shape index (κ2) is 8.02. The van der Waals surface area contributed by atoms with E-state index in [0.29, 0.717) is 12.5 Å². The fourth-order valence-electron chi connectivity index (χ4n) is 3.45. The van der Waals surface area contributed by atoms with E-state index >= 15 is 0 Å². The van der Waals surface area contributed by atoms with E-state index in [1.807, 2.05) is 0 Å². The van der Waals surface area contributed by atoms with E-state index in [-0.39, 0.29) is 11.9 Å². The lowest BCUT2D eigenvalue weighted by atomic mass is 9.88. The minimum absolute atomic E-state index is 0.0380. The summed E-state index contributed by atoms with van der Waals surface area (Å²) in [7, 11) is 0. The monoisotopic (exact) mass is 281 g/mol. The zero-order valence-corrected chi connectivity index (χ0v) is 13.3. The van der Waals surface area contributed by atoms with Gasteiger partial charge in [0, 0.05) is 6.54 Å². The molecular weight excluding hydrogens is 250 g/mol. The van der Waals surface area contributed by atoms with E-state index in [1.54, 1.807) is 0 Å². The number of likely N-dealkylation sites (tertiary alicyclic amines) is 1. The summed E-state index contributed by atoms with van der Waals surface area (Å²) in [5.41, 5.74) is 0. The fourth-order valence-corrected chi connectivity index (χ4v) is 3.45. The number of rotatable bonds is 5. The molecule has 3 heteroatoms. The molecule has 116 valence electrons. The summed E-state index contributed by atoms with van der Waals surface area (Å²) in [6.07, 6.45) is 9.07. The zero-order valence-electron chi connectivity index (χ0n) is 13.3. The van der Waals surface area contributed by atoms with Gasteiger partial charge in [-0.05, 0) is 50.6 Å². The van der Waals surface area contributed by atoms with Crippen LogP contribution in [0.3, 0.4) is 0 Å². The maximum atomic E-state index is 12.0. The fraction of sp³-hybridized carbons (Fsp3) is 0.941. The van der Waals surface area contributed by atoms with Crippen LogP contribution in [0.1, 0.15) is 58.8 Å². The molecule has 0 unspecified atom stereocenters. The van der Waals surface area contributed by atoms with Crippen LogP contribution >= 0.6 is 0 Å². The van der Waals surface area contributed by atoms with Crippen molar-refractivity contribution in [1.29, 1.82) is 0 Å². The maximum Gasteiger partial charge on any atom is 0.309 e. The van der Waals surface area contributed by atoms with Gasteiger partial charge in [-0.3, -0.25) is 4.79 Å². The average Bonchev–Trinajstić information content (AvgIpc) is 2.46. The van der Waals surface area contributed by atoms with Crippen molar-refractivity contribution < 1.29 is 9.53 Å². The van der Waals surface area contributed by atoms with Crippen LogP contribution in [0.5, 0.6) is 0 Å². The molecule has 0 radical (unpaired) electrons. The molecule has 0 amide bonds. The lowest BCUT2D eigenvalue weighted by Gasteiger charge is -2.34. The van der Waals surface area contributed by atoms with Gasteiger partial charge in [0.05, 0.1) is 12.5 Å². The molecule has 20 heavy (non-hydrogen) atoms. The van der Waals surface area contributed by atoms with Gasteiger partial charge < -0.3 is 9.64 Å². The van der Waals surface area contributed by atoms with Crippen LogP contribution < -0.4 is 0 Å². The van der Waals surface area contributed by atoms with Gasteiger partial charge in [0.1, 0.15) is 0 Å². The van der Waals surface area contributed by atoms with Crippen molar-refractivity contribution in [3.05, 3.63) is 0 Å². The van der Waals surface area contributed by atoms with Crippen molar-refractivity contribution in [3.63, 3.8) is 0 Å². The highest BCUT2D eigenvalue weighted by Crippen LogP contribution is 2.26. The SMILES string of the molecule is CC(C)COC(=O)C1CCN(CC2CCCCC2)CC1. The maximum absolute atomic E-state index is 12.0. The molecule has 0 aromatic carbocycles. The molecule has 1 heterocycles. The van der Waals surface area contributed by atoms with E-state index in [9.17, 15) is 4.79 Å². The van der Waals surface area contributed by atoms with Gasteiger partial charge >= 0.3 is 5.97 Å². The van der Waals surface area contributed by atoms with E-state index in [4.69, 9.17) is 4.74 Å². The summed E-state index contributed by atoms with van der Waals surface area (Å²) in [5, 5.41) is 0. The lowest BCUT2D eigenvalue weighted by molar-refractivity contribution is -0.151. The quantitative estimate of drug-likeness (QED) is 0.723. The molecule has 2 aliphatic rings. The number of hydrogen-bond acceptors (Lipinski definition) is 3. The van der Waals surface area contributed by atoms with Gasteiger partial charge in [0.2, 0.25) is 0 Å². The molecule has 0 bridgehead atoms. The predicted octanol–water partition coefficient (Wildman–Crippen LogP) is 3.48. The topological polar surface area (TPSA) is 29.5 Å². The number of carbonyl (C=O) groups excluding carboxylic acids is 1. The van der Waals surface area contributed by atoms with E-state index in [0.717, 1.165) is 31.8 Å². The molecule has 2 fully saturated rings. The van der Waals surface area contributed by atoms with Crippen LogP contribution in [-0.4, -0.2) is 37.1 Å². The third-order valence-corrected chi connectivity index (χ3v) is 4.72. The largest absolute Gasteiger partial charge is 0.465 e. The average molecular weight is 281 g/mol. The first kappa shape index (κ1) is 15.8. The summed E-state index contributed by atoms with van der Waals surface area (Å²) in [6, 6.07) is 0. The second-order valence-corrected chi connectivity index (χ2v) is 7.10. The first-order valence-corrected chi connectivity index (χ1v) is 8.54. The Kier molecular flexibility index (Phi) is 6.34. The van der Waals surface area contributed by atoms with Crippen LogP contribution in [0.2, 0.25) is 0 Å². The van der Waals surface area contributed by atoms with Crippen LogP contribution in [0.4, 0.5) is 0 Å². The molecule has 0 atom stereocenters. The Hall–Kier alpha value is -0.570. The van der Waals surface area contributed by atoms with Crippen molar-refractivity contribution in [2.45, 2.75) is 58.8 Å². The van der Waals surface area contributed by atoms with Crippen molar-refractivity contribution >= 4 is 5.97 Å². The Labute approximate surface area is 124 Å². The molecule has 0 aromatic rings. The van der Waals surface area contributed by atoms with Gasteiger partial charge in [-0.2, -0.15) is 0 Å². The van der Waals surface area contributed by atoms with Gasteiger partial charge in [-0.1, -0.05) is 33.1 Å². The molecule has 1 saturated carbocycles. The van der Waals surface area contributed by atoms with E-state index in [2.05, 4.69) is 18.7 Å². The Balaban J connectivity index is 1.65. The highest BCUT2D eigenvalue weighted by molar-refractivity contribution is 5.72. The summed E-state index contributed by atoms with van der Waals surface area (Å²) in [6.45, 7) is 8.16. The van der Waals surface area contributed by atoms with Crippen LogP contribution in [0.25, 0.3) is 0 Å². The third-order valence-electron chi connectivity index (χ3n) is 4.72. The number of piperidine rings is 1. The van der Waals surface area contributed by atoms with E-state index < -0.39 is 0 Å². The Bertz CT molecular complexity index is 289. The summed E-state index contributed by atoms with van der Waals surface area (Å²) >= 11 is 0. The molecular formula is C17H31NO2. The Morgan fingerprint density at radius 1 is 1.10 bits per heavy atom. The molecule has 1 aliphatic carbocycles. The number of ether oxygens (including phenoxy) is 1. The molecule has 3 nitrogen and oxygen atoms in total. The van der Waals surface area contributed by atoms with Gasteiger partial charge in [-0.25, -0.2) is 0 Å². The Morgan fingerprint density at radius 3 is 2.35 bits per heavy atom. The molecule has 0 N–H and O–H groups in total. The zero-order chi connectivity index (χ0) is 14.4. The van der Waals surface area contributed by atoms with Gasteiger partial charge in [0.25, 0.3) is 0 Å². The van der Waals surface area contributed by atoms with Crippen molar-refractivity contribution in [1.82, 2.24) is 4.90 Å². The standard InChI is InChI=1S/C17H31NO2/c1-14(2)13-20-17(19)16-8-10-18(11-9-16)12-15-6-4-3-5-7-15/h14-16H,3-13H2,1-2H3. The minimum atomic E-state index is 0.0380. The van der Waals surface area contributed by atoms with E-state index in [1.165, 1.54) is 38.6 Å². The summed E-state index contributed by atoms with van der Waals surface area (Å²) < 4.78 is 5.37. The molecule has 1 saturated heterocycles. The van der Waals surface area contributed by atoms with Crippen LogP contribution in [-0.2, 0) is 9.53 Å². The van der Waals surface area contributed by atoms with Crippen molar-refractivity contribution in [2.24, 2.45) is 17.8 Å². The molecule has 0 spiro atoms. The van der Waals surface area contributed by atoms with Gasteiger partial charge in [0.15, 0.2) is 0 Å². The van der Waals surface area contributed by atoms with Gasteiger partial charge in [-0.15, -0.1) is 0 Å². The predicted molar refractivity (Wildman–Crippen MR) is 81.5 cm³/mol. The normalized spacial score (nSPS) is 23.1. The lowest BCUT2D eigenvalue weighted by Crippen LogP contribution is -2.40. The number of carbonyl (C=O) groups is 1. The summed E-state index contributed by atoms with van der Waals surface area (Å²) in [4.78, 5) is 14.5. The number of esters is 1. The summed E-state index contributed by atoms with van der Waals surface area (Å²) in [5.74, 6) is 1.53. The smallest absolute Gasteiger partial charge is 0.309 e.